The Morgan fingerprint density at radius 2 is 1.67 bits per heavy atom. The summed E-state index contributed by atoms with van der Waals surface area (Å²) in [6.07, 6.45) is 6.97. The zero-order chi connectivity index (χ0) is 16.9. The first kappa shape index (κ1) is 16.7. The molecular weight excluding hydrogens is 306 g/mol. The number of amides is 1. The molecule has 0 radical (unpaired) electrons. The van der Waals surface area contributed by atoms with E-state index in [1.807, 2.05) is 4.90 Å². The van der Waals surface area contributed by atoms with Crippen LogP contribution in [0.2, 0.25) is 0 Å². The van der Waals surface area contributed by atoms with Crippen molar-refractivity contribution in [1.82, 2.24) is 4.90 Å². The molecule has 0 bridgehead atoms. The molecule has 3 rings (SSSR count). The second-order valence-corrected chi connectivity index (χ2v) is 6.85. The number of anilines is 1. The van der Waals surface area contributed by atoms with Crippen LogP contribution < -0.4 is 4.90 Å². The number of rotatable bonds is 4. The van der Waals surface area contributed by atoms with E-state index in [0.29, 0.717) is 18.2 Å². The minimum Gasteiger partial charge on any atom is -0.368 e. The van der Waals surface area contributed by atoms with E-state index < -0.39 is 0 Å². The van der Waals surface area contributed by atoms with E-state index in [1.165, 1.54) is 44.2 Å². The molecule has 1 aromatic carbocycles. The Kier molecular flexibility index (Phi) is 5.33. The third-order valence-corrected chi connectivity index (χ3v) is 5.25. The summed E-state index contributed by atoms with van der Waals surface area (Å²) >= 11 is 0. The van der Waals surface area contributed by atoms with Crippen LogP contribution in [0, 0.1) is 16.0 Å². The zero-order valence-corrected chi connectivity index (χ0v) is 14.0. The van der Waals surface area contributed by atoms with Crippen LogP contribution >= 0.6 is 0 Å². The van der Waals surface area contributed by atoms with Crippen molar-refractivity contribution in [1.29, 1.82) is 0 Å². The summed E-state index contributed by atoms with van der Waals surface area (Å²) in [5.74, 6) is 0.879. The fourth-order valence-electron chi connectivity index (χ4n) is 3.77. The van der Waals surface area contributed by atoms with Crippen molar-refractivity contribution in [3.8, 4) is 0 Å². The maximum Gasteiger partial charge on any atom is 0.269 e. The number of hydrogen-bond donors (Lipinski definition) is 0. The summed E-state index contributed by atoms with van der Waals surface area (Å²) in [6.45, 7) is 3.05. The third-order valence-electron chi connectivity index (χ3n) is 5.25. The smallest absolute Gasteiger partial charge is 0.269 e. The van der Waals surface area contributed by atoms with Gasteiger partial charge in [0.05, 0.1) is 4.92 Å². The van der Waals surface area contributed by atoms with Gasteiger partial charge in [-0.25, -0.2) is 0 Å². The van der Waals surface area contributed by atoms with Gasteiger partial charge in [0.1, 0.15) is 0 Å². The van der Waals surface area contributed by atoms with Crippen molar-refractivity contribution in [3.05, 3.63) is 34.4 Å². The third kappa shape index (κ3) is 4.04. The molecule has 2 aliphatic rings. The molecule has 6 nitrogen and oxygen atoms in total. The van der Waals surface area contributed by atoms with Crippen molar-refractivity contribution in [2.24, 2.45) is 5.92 Å². The Balaban J connectivity index is 1.49. The van der Waals surface area contributed by atoms with Crippen molar-refractivity contribution < 1.29 is 9.72 Å². The Morgan fingerprint density at radius 3 is 2.25 bits per heavy atom. The van der Waals surface area contributed by atoms with Gasteiger partial charge in [0.2, 0.25) is 5.91 Å². The molecule has 24 heavy (non-hydrogen) atoms. The first-order valence-electron chi connectivity index (χ1n) is 8.90. The zero-order valence-electron chi connectivity index (χ0n) is 14.0. The molecule has 0 atom stereocenters. The van der Waals surface area contributed by atoms with Gasteiger partial charge in [-0.2, -0.15) is 0 Å². The number of carbonyl (C=O) groups is 1. The predicted octanol–water partition coefficient (Wildman–Crippen LogP) is 3.21. The molecule has 0 spiro atoms. The highest BCUT2D eigenvalue weighted by Gasteiger charge is 2.24. The van der Waals surface area contributed by atoms with Gasteiger partial charge in [-0.3, -0.25) is 14.9 Å². The fourth-order valence-corrected chi connectivity index (χ4v) is 3.77. The Morgan fingerprint density at radius 1 is 1.04 bits per heavy atom. The highest BCUT2D eigenvalue weighted by Crippen LogP contribution is 2.27. The second kappa shape index (κ2) is 7.64. The van der Waals surface area contributed by atoms with E-state index in [2.05, 4.69) is 4.90 Å². The average Bonchev–Trinajstić information content (AvgIpc) is 2.63. The lowest BCUT2D eigenvalue weighted by Crippen LogP contribution is -2.49. The first-order valence-corrected chi connectivity index (χ1v) is 8.90. The molecular formula is C18H25N3O3. The normalized spacial score (nSPS) is 19.3. The van der Waals surface area contributed by atoms with Crippen molar-refractivity contribution in [2.45, 2.75) is 38.5 Å². The molecule has 6 heteroatoms. The number of non-ortho nitro benzene ring substituents is 1. The maximum absolute atomic E-state index is 12.5. The number of nitrogens with zero attached hydrogens (tertiary/aromatic N) is 3. The van der Waals surface area contributed by atoms with Crippen LogP contribution in [-0.2, 0) is 4.79 Å². The quantitative estimate of drug-likeness (QED) is 0.627. The summed E-state index contributed by atoms with van der Waals surface area (Å²) in [7, 11) is 0. The van der Waals surface area contributed by atoms with Crippen LogP contribution in [-0.4, -0.2) is 41.9 Å². The summed E-state index contributed by atoms with van der Waals surface area (Å²) in [4.78, 5) is 27.0. The Bertz CT molecular complexity index is 574. The van der Waals surface area contributed by atoms with E-state index in [9.17, 15) is 14.9 Å². The predicted molar refractivity (Wildman–Crippen MR) is 93.1 cm³/mol. The van der Waals surface area contributed by atoms with Gasteiger partial charge in [0.25, 0.3) is 5.69 Å². The van der Waals surface area contributed by atoms with E-state index in [4.69, 9.17) is 0 Å². The standard InChI is InChI=1S/C18H25N3O3/c22-18(14-15-4-2-1-3-5-15)20-12-10-19(11-13-20)16-6-8-17(9-7-16)21(23)24/h6-9,15H,1-5,10-14H2. The molecule has 1 heterocycles. The minimum absolute atomic E-state index is 0.111. The van der Waals surface area contributed by atoms with Gasteiger partial charge in [-0.15, -0.1) is 0 Å². The van der Waals surface area contributed by atoms with Gasteiger partial charge in [-0.1, -0.05) is 19.3 Å². The molecule has 0 unspecified atom stereocenters. The van der Waals surface area contributed by atoms with E-state index in [0.717, 1.165) is 31.9 Å². The second-order valence-electron chi connectivity index (χ2n) is 6.85. The average molecular weight is 331 g/mol. The molecule has 1 aliphatic carbocycles. The van der Waals surface area contributed by atoms with E-state index in [-0.39, 0.29) is 10.6 Å². The SMILES string of the molecule is O=C(CC1CCCCC1)N1CCN(c2ccc([N+](=O)[O-])cc2)CC1. The van der Waals surface area contributed by atoms with Gasteiger partial charge in [0.15, 0.2) is 0 Å². The monoisotopic (exact) mass is 331 g/mol. The molecule has 130 valence electrons. The summed E-state index contributed by atoms with van der Waals surface area (Å²) in [5.41, 5.74) is 1.10. The van der Waals surface area contributed by atoms with Crippen molar-refractivity contribution in [3.63, 3.8) is 0 Å². The van der Waals surface area contributed by atoms with Crippen LogP contribution in [0.5, 0.6) is 0 Å². The number of benzene rings is 1. The van der Waals surface area contributed by atoms with Crippen LogP contribution in [0.4, 0.5) is 11.4 Å². The molecule has 1 aliphatic heterocycles. The molecule has 1 aromatic rings. The lowest BCUT2D eigenvalue weighted by atomic mass is 9.86. The lowest BCUT2D eigenvalue weighted by Gasteiger charge is -2.37. The van der Waals surface area contributed by atoms with Crippen molar-refractivity contribution >= 4 is 17.3 Å². The highest BCUT2D eigenvalue weighted by molar-refractivity contribution is 5.76. The summed E-state index contributed by atoms with van der Waals surface area (Å²) in [6, 6.07) is 6.65. The number of nitro groups is 1. The topological polar surface area (TPSA) is 66.7 Å². The summed E-state index contributed by atoms with van der Waals surface area (Å²) < 4.78 is 0. The molecule has 1 saturated heterocycles. The number of piperazine rings is 1. The van der Waals surface area contributed by atoms with E-state index in [1.54, 1.807) is 12.1 Å². The largest absolute Gasteiger partial charge is 0.368 e. The summed E-state index contributed by atoms with van der Waals surface area (Å²) in [5, 5.41) is 10.7. The van der Waals surface area contributed by atoms with Gasteiger partial charge < -0.3 is 9.80 Å². The molecule has 0 N–H and O–H groups in total. The highest BCUT2D eigenvalue weighted by atomic mass is 16.6. The minimum atomic E-state index is -0.383. The maximum atomic E-state index is 12.5. The van der Waals surface area contributed by atoms with Crippen molar-refractivity contribution in [2.75, 3.05) is 31.1 Å². The van der Waals surface area contributed by atoms with Gasteiger partial charge in [-0.05, 0) is 30.9 Å². The first-order chi connectivity index (χ1) is 11.6. The van der Waals surface area contributed by atoms with Gasteiger partial charge >= 0.3 is 0 Å². The number of nitro benzene ring substituents is 1. The van der Waals surface area contributed by atoms with Crippen LogP contribution in [0.3, 0.4) is 0 Å². The van der Waals surface area contributed by atoms with Crippen LogP contribution in [0.1, 0.15) is 38.5 Å². The molecule has 1 amide bonds. The van der Waals surface area contributed by atoms with Gasteiger partial charge in [0, 0.05) is 50.4 Å². The lowest BCUT2D eigenvalue weighted by molar-refractivity contribution is -0.384. The Hall–Kier alpha value is -2.11. The fraction of sp³-hybridized carbons (Fsp3) is 0.611. The molecule has 0 aromatic heterocycles. The molecule has 2 fully saturated rings. The van der Waals surface area contributed by atoms with E-state index >= 15 is 0 Å². The molecule has 1 saturated carbocycles. The Labute approximate surface area is 142 Å². The van der Waals surface area contributed by atoms with Crippen LogP contribution in [0.25, 0.3) is 0 Å². The number of carbonyl (C=O) groups excluding carboxylic acids is 1. The van der Waals surface area contributed by atoms with Crippen LogP contribution in [0.15, 0.2) is 24.3 Å². The number of hydrogen-bond acceptors (Lipinski definition) is 4.